The van der Waals surface area contributed by atoms with E-state index < -0.39 is 13.4 Å². The number of benzene rings is 1. The molecule has 0 aromatic heterocycles. The van der Waals surface area contributed by atoms with Gasteiger partial charge in [-0.3, -0.25) is 4.57 Å². The fourth-order valence-electron chi connectivity index (χ4n) is 1.53. The summed E-state index contributed by atoms with van der Waals surface area (Å²) in [5.74, 6) is -1.37. The molecule has 4 nitrogen and oxygen atoms in total. The van der Waals surface area contributed by atoms with Gasteiger partial charge < -0.3 is 14.8 Å². The molecule has 0 radical (unpaired) electrons. The minimum atomic E-state index is -3.46. The molecule has 0 aliphatic carbocycles. The molecule has 1 aromatic carbocycles. The van der Waals surface area contributed by atoms with Crippen LogP contribution in [-0.2, 0) is 13.6 Å². The fraction of sp³-hybridized carbons (Fsp3) is 0.500. The predicted molar refractivity (Wildman–Crippen MR) is 68.9 cm³/mol. The summed E-state index contributed by atoms with van der Waals surface area (Å²) in [6.45, 7) is 5.50. The lowest BCUT2D eigenvalue weighted by Gasteiger charge is -2.23. The van der Waals surface area contributed by atoms with Crippen molar-refractivity contribution in [3.63, 3.8) is 0 Å². The smallest absolute Gasteiger partial charge is 0.314 e. The maximum Gasteiger partial charge on any atom is 0.351 e. The van der Waals surface area contributed by atoms with E-state index in [2.05, 4.69) is 0 Å². The molecule has 1 aromatic rings. The number of hydrogen-bond acceptors (Lipinski definition) is 4. The quantitative estimate of drug-likeness (QED) is 0.809. The molecule has 0 heterocycles. The van der Waals surface area contributed by atoms with Crippen LogP contribution in [0.3, 0.4) is 0 Å². The first-order valence-corrected chi connectivity index (χ1v) is 7.46. The van der Waals surface area contributed by atoms with Crippen molar-refractivity contribution in [1.82, 2.24) is 0 Å². The summed E-state index contributed by atoms with van der Waals surface area (Å²) in [6.07, 6.45) is 0. The average molecular weight is 275 g/mol. The van der Waals surface area contributed by atoms with Crippen molar-refractivity contribution in [2.75, 3.05) is 13.2 Å². The minimum absolute atomic E-state index is 0.222. The predicted octanol–water partition coefficient (Wildman–Crippen LogP) is 3.36. The third kappa shape index (κ3) is 3.39. The number of nitrogens with two attached hydrogens (primary N) is 1. The number of hydrogen-bond donors (Lipinski definition) is 1. The fourth-order valence-corrected chi connectivity index (χ4v) is 3.17. The maximum atomic E-state index is 13.5. The molecule has 0 fully saturated rings. The third-order valence-electron chi connectivity index (χ3n) is 2.50. The van der Waals surface area contributed by atoms with E-state index in [-0.39, 0.29) is 19.0 Å². The molecule has 1 atom stereocenters. The van der Waals surface area contributed by atoms with Gasteiger partial charge in [-0.1, -0.05) is 12.1 Å². The highest BCUT2D eigenvalue weighted by Crippen LogP contribution is 2.58. The van der Waals surface area contributed by atoms with Gasteiger partial charge in [-0.05, 0) is 38.0 Å². The standard InChI is InChI=1S/C12H19FNO3P/c1-4-16-18(15,17-5-2)12(14)10-7-6-9(3)11(13)8-10/h6-8,12H,4-5,14H2,1-3H3/t12-/m1/s1. The van der Waals surface area contributed by atoms with Gasteiger partial charge in [0.2, 0.25) is 0 Å². The van der Waals surface area contributed by atoms with Gasteiger partial charge in [-0.25, -0.2) is 4.39 Å². The van der Waals surface area contributed by atoms with Gasteiger partial charge in [-0.2, -0.15) is 0 Å². The second-order valence-corrected chi connectivity index (χ2v) is 5.98. The van der Waals surface area contributed by atoms with Gasteiger partial charge in [0, 0.05) is 0 Å². The summed E-state index contributed by atoms with van der Waals surface area (Å²) >= 11 is 0. The SMILES string of the molecule is CCOP(=O)(OCC)[C@@H](N)c1ccc(C)c(F)c1. The molecular weight excluding hydrogens is 256 g/mol. The Kier molecular flexibility index (Phi) is 5.47. The van der Waals surface area contributed by atoms with Crippen molar-refractivity contribution in [2.24, 2.45) is 5.73 Å². The van der Waals surface area contributed by atoms with Gasteiger partial charge in [0.1, 0.15) is 11.6 Å². The van der Waals surface area contributed by atoms with Crippen molar-refractivity contribution in [1.29, 1.82) is 0 Å². The molecule has 0 saturated heterocycles. The highest BCUT2D eigenvalue weighted by Gasteiger charge is 2.34. The summed E-state index contributed by atoms with van der Waals surface area (Å²) in [5, 5.41) is 0. The molecule has 2 N–H and O–H groups in total. The van der Waals surface area contributed by atoms with E-state index in [9.17, 15) is 8.96 Å². The van der Waals surface area contributed by atoms with Crippen LogP contribution in [0, 0.1) is 12.7 Å². The first-order chi connectivity index (χ1) is 8.44. The summed E-state index contributed by atoms with van der Waals surface area (Å²) in [4.78, 5) is 0. The first-order valence-electron chi connectivity index (χ1n) is 5.85. The van der Waals surface area contributed by atoms with Crippen molar-refractivity contribution >= 4 is 7.60 Å². The summed E-state index contributed by atoms with van der Waals surface area (Å²) in [5.41, 5.74) is 6.80. The Bertz CT molecular complexity index is 443. The molecule has 18 heavy (non-hydrogen) atoms. The van der Waals surface area contributed by atoms with Crippen molar-refractivity contribution in [2.45, 2.75) is 26.6 Å². The van der Waals surface area contributed by atoms with Crippen LogP contribution in [0.1, 0.15) is 30.8 Å². The second-order valence-electron chi connectivity index (χ2n) is 3.83. The van der Waals surface area contributed by atoms with Crippen molar-refractivity contribution in [3.05, 3.63) is 35.1 Å². The number of halogens is 1. The molecule has 1 rings (SSSR count). The Morgan fingerprint density at radius 3 is 2.33 bits per heavy atom. The van der Waals surface area contributed by atoms with E-state index in [1.54, 1.807) is 32.9 Å². The van der Waals surface area contributed by atoms with E-state index in [4.69, 9.17) is 14.8 Å². The molecule has 0 amide bonds. The van der Waals surface area contributed by atoms with Crippen LogP contribution < -0.4 is 5.73 Å². The van der Waals surface area contributed by atoms with Gasteiger partial charge in [0.15, 0.2) is 0 Å². The van der Waals surface area contributed by atoms with Crippen LogP contribution >= 0.6 is 7.60 Å². The Morgan fingerprint density at radius 1 is 1.33 bits per heavy atom. The maximum absolute atomic E-state index is 13.5. The second kappa shape index (κ2) is 6.43. The summed E-state index contributed by atoms with van der Waals surface area (Å²) in [6, 6.07) is 4.49. The summed E-state index contributed by atoms with van der Waals surface area (Å²) < 4.78 is 36.2. The van der Waals surface area contributed by atoms with Crippen LogP contribution in [0.2, 0.25) is 0 Å². The highest BCUT2D eigenvalue weighted by atomic mass is 31.2. The Balaban J connectivity index is 3.05. The summed E-state index contributed by atoms with van der Waals surface area (Å²) in [7, 11) is -3.46. The van der Waals surface area contributed by atoms with E-state index >= 15 is 0 Å². The van der Waals surface area contributed by atoms with Crippen LogP contribution in [0.25, 0.3) is 0 Å². The zero-order chi connectivity index (χ0) is 13.8. The molecule has 0 aliphatic rings. The molecule has 0 bridgehead atoms. The number of aryl methyl sites for hydroxylation is 1. The lowest BCUT2D eigenvalue weighted by atomic mass is 10.1. The topological polar surface area (TPSA) is 61.5 Å². The third-order valence-corrected chi connectivity index (χ3v) is 4.71. The molecular formula is C12H19FNO3P. The Hall–Kier alpha value is -0.740. The van der Waals surface area contributed by atoms with Gasteiger partial charge in [0.05, 0.1) is 13.2 Å². The van der Waals surface area contributed by atoms with Crippen LogP contribution in [0.15, 0.2) is 18.2 Å². The molecule has 0 unspecified atom stereocenters. The zero-order valence-corrected chi connectivity index (χ0v) is 11.7. The molecule has 0 aliphatic heterocycles. The van der Waals surface area contributed by atoms with Crippen molar-refractivity contribution in [3.8, 4) is 0 Å². The molecule has 0 saturated carbocycles. The monoisotopic (exact) mass is 275 g/mol. The normalized spacial score (nSPS) is 13.6. The average Bonchev–Trinajstić information content (AvgIpc) is 2.32. The zero-order valence-electron chi connectivity index (χ0n) is 10.9. The lowest BCUT2D eigenvalue weighted by Crippen LogP contribution is -2.15. The first kappa shape index (κ1) is 15.3. The minimum Gasteiger partial charge on any atom is -0.314 e. The number of rotatable bonds is 6. The van der Waals surface area contributed by atoms with E-state index in [0.717, 1.165) is 0 Å². The van der Waals surface area contributed by atoms with Gasteiger partial charge in [0.25, 0.3) is 0 Å². The highest BCUT2D eigenvalue weighted by molar-refractivity contribution is 7.54. The Labute approximate surface area is 107 Å². The molecule has 0 spiro atoms. The largest absolute Gasteiger partial charge is 0.351 e. The van der Waals surface area contributed by atoms with Crippen LogP contribution in [0.4, 0.5) is 4.39 Å². The van der Waals surface area contributed by atoms with Gasteiger partial charge in [-0.15, -0.1) is 0 Å². The molecule has 102 valence electrons. The Morgan fingerprint density at radius 2 is 1.89 bits per heavy atom. The van der Waals surface area contributed by atoms with Crippen LogP contribution in [-0.4, -0.2) is 13.2 Å². The van der Waals surface area contributed by atoms with Crippen LogP contribution in [0.5, 0.6) is 0 Å². The van der Waals surface area contributed by atoms with E-state index in [1.807, 2.05) is 0 Å². The van der Waals surface area contributed by atoms with Crippen molar-refractivity contribution < 1.29 is 18.0 Å². The van der Waals surface area contributed by atoms with E-state index in [1.165, 1.54) is 6.07 Å². The lowest BCUT2D eigenvalue weighted by molar-refractivity contribution is 0.212. The van der Waals surface area contributed by atoms with Gasteiger partial charge >= 0.3 is 7.60 Å². The molecule has 6 heteroatoms. The van der Waals surface area contributed by atoms with E-state index in [0.29, 0.717) is 11.1 Å².